The van der Waals surface area contributed by atoms with E-state index >= 15 is 0 Å². The molecule has 262 valence electrons. The van der Waals surface area contributed by atoms with Crippen LogP contribution in [0.25, 0.3) is 54.6 Å². The Kier molecular flexibility index (Phi) is 7.27. The van der Waals surface area contributed by atoms with Crippen LogP contribution in [0, 0.1) is 41.5 Å². The lowest BCUT2D eigenvalue weighted by Crippen LogP contribution is -2.57. The predicted molar refractivity (Wildman–Crippen MR) is 240 cm³/mol. The number of benzene rings is 8. The molecule has 0 atom stereocenters. The zero-order valence-electron chi connectivity index (χ0n) is 33.5. The van der Waals surface area contributed by atoms with E-state index in [1.165, 1.54) is 132 Å². The van der Waals surface area contributed by atoms with Crippen LogP contribution in [0.4, 0.5) is 0 Å². The van der Waals surface area contributed by atoms with Gasteiger partial charge >= 0.3 is 0 Å². The average molecular weight is 695 g/mol. The molecule has 2 aliphatic heterocycles. The third-order valence-corrected chi connectivity index (χ3v) is 13.3. The van der Waals surface area contributed by atoms with Crippen LogP contribution in [0.2, 0.25) is 0 Å². The van der Waals surface area contributed by atoms with Gasteiger partial charge in [-0.05, 0) is 131 Å². The van der Waals surface area contributed by atoms with Crippen molar-refractivity contribution in [3.05, 3.63) is 142 Å². The van der Waals surface area contributed by atoms with Crippen molar-refractivity contribution < 1.29 is 0 Å². The first-order valence-electron chi connectivity index (χ1n) is 20.1. The Morgan fingerprint density at radius 1 is 0.370 bits per heavy atom. The number of hydrogen-bond acceptors (Lipinski definition) is 0. The van der Waals surface area contributed by atoms with E-state index < -0.39 is 0 Å². The van der Waals surface area contributed by atoms with Gasteiger partial charge in [0.1, 0.15) is 0 Å². The highest BCUT2D eigenvalue weighted by Gasteiger charge is 2.39. The first-order chi connectivity index (χ1) is 25.9. The molecule has 2 heteroatoms. The summed E-state index contributed by atoms with van der Waals surface area (Å²) in [5.74, 6) is 0.739. The van der Waals surface area contributed by atoms with E-state index in [4.69, 9.17) is 0 Å². The van der Waals surface area contributed by atoms with Gasteiger partial charge in [0.25, 0.3) is 0 Å². The normalized spacial score (nSPS) is 13.3. The second-order valence-electron chi connectivity index (χ2n) is 17.5. The van der Waals surface area contributed by atoms with Gasteiger partial charge in [-0.15, -0.1) is 0 Å². The third-order valence-electron chi connectivity index (χ3n) is 13.3. The van der Waals surface area contributed by atoms with Crippen molar-refractivity contribution in [2.24, 2.45) is 0 Å². The minimum absolute atomic E-state index is 0.157. The Morgan fingerprint density at radius 2 is 0.722 bits per heavy atom. The lowest BCUT2D eigenvalue weighted by atomic mass is 9.31. The first-order valence-corrected chi connectivity index (χ1v) is 20.1. The topological polar surface area (TPSA) is 0 Å². The summed E-state index contributed by atoms with van der Waals surface area (Å²) in [5.41, 5.74) is 25.4. The smallest absolute Gasteiger partial charge is 0.0664 e. The van der Waals surface area contributed by atoms with Crippen molar-refractivity contribution in [2.45, 2.75) is 81.1 Å². The molecule has 2 aliphatic rings. The summed E-state index contributed by atoms with van der Waals surface area (Å²) >= 11 is 0. The SMILES string of the molecule is Cc1cc(C)c(B2c3ccccc3-c3cc(C(C)C)c4cc5c6c(cc(C(C)C)c7cc2c3c4c76)-c2ccccc2B5c2c(C)cc(C)cc2C)c(C)c1. The highest BCUT2D eigenvalue weighted by molar-refractivity contribution is 7.00. The fraction of sp³-hybridized carbons (Fsp3) is 0.231. The van der Waals surface area contributed by atoms with Crippen molar-refractivity contribution in [3.63, 3.8) is 0 Å². The van der Waals surface area contributed by atoms with Crippen LogP contribution >= 0.6 is 0 Å². The quantitative estimate of drug-likeness (QED) is 0.127. The zero-order valence-corrected chi connectivity index (χ0v) is 33.5. The van der Waals surface area contributed by atoms with E-state index in [0.29, 0.717) is 11.8 Å². The lowest BCUT2D eigenvalue weighted by Gasteiger charge is -2.35. The largest absolute Gasteiger partial charge is 0.243 e. The van der Waals surface area contributed by atoms with Gasteiger partial charge in [-0.2, -0.15) is 0 Å². The van der Waals surface area contributed by atoms with Crippen LogP contribution in [0.3, 0.4) is 0 Å². The van der Waals surface area contributed by atoms with Gasteiger partial charge in [0.15, 0.2) is 0 Å². The van der Waals surface area contributed by atoms with Crippen LogP contribution in [-0.4, -0.2) is 13.4 Å². The summed E-state index contributed by atoms with van der Waals surface area (Å²) in [6.45, 7) is 23.7. The summed E-state index contributed by atoms with van der Waals surface area (Å²) in [7, 11) is 0. The number of aryl methyl sites for hydroxylation is 6. The molecule has 0 saturated heterocycles. The Bertz CT molecular complexity index is 2660. The molecule has 2 heterocycles. The molecule has 54 heavy (non-hydrogen) atoms. The predicted octanol–water partition coefficient (Wildman–Crippen LogP) is 9.67. The molecule has 0 N–H and O–H groups in total. The van der Waals surface area contributed by atoms with E-state index in [2.05, 4.69) is 166 Å². The van der Waals surface area contributed by atoms with Crippen LogP contribution in [0.15, 0.2) is 97.1 Å². The van der Waals surface area contributed by atoms with E-state index in [9.17, 15) is 0 Å². The first kappa shape index (κ1) is 33.5. The molecule has 0 nitrogen and oxygen atoms in total. The molecule has 0 radical (unpaired) electrons. The van der Waals surface area contributed by atoms with Gasteiger partial charge in [0.2, 0.25) is 13.4 Å². The van der Waals surface area contributed by atoms with Crippen LogP contribution in [-0.2, 0) is 0 Å². The van der Waals surface area contributed by atoms with Gasteiger partial charge < -0.3 is 0 Å². The highest BCUT2D eigenvalue weighted by Crippen LogP contribution is 2.47. The van der Waals surface area contributed by atoms with Crippen molar-refractivity contribution in [2.75, 3.05) is 0 Å². The van der Waals surface area contributed by atoms with E-state index in [1.54, 1.807) is 0 Å². The summed E-state index contributed by atoms with van der Waals surface area (Å²) in [4.78, 5) is 0. The van der Waals surface area contributed by atoms with Gasteiger partial charge in [-0.1, -0.05) is 179 Å². The summed E-state index contributed by atoms with van der Waals surface area (Å²) in [6, 6.07) is 38.7. The fourth-order valence-electron chi connectivity index (χ4n) is 11.4. The van der Waals surface area contributed by atoms with E-state index in [-0.39, 0.29) is 13.4 Å². The number of fused-ring (bicyclic) bond motifs is 4. The summed E-state index contributed by atoms with van der Waals surface area (Å²) in [6.07, 6.45) is 0. The second kappa shape index (κ2) is 11.7. The van der Waals surface area contributed by atoms with E-state index in [0.717, 1.165) is 0 Å². The third kappa shape index (κ3) is 4.46. The molecule has 0 amide bonds. The molecule has 0 fully saturated rings. The van der Waals surface area contributed by atoms with Crippen LogP contribution < -0.4 is 32.8 Å². The number of rotatable bonds is 4. The Balaban J connectivity index is 1.47. The molecule has 0 aromatic heterocycles. The molecule has 8 aromatic carbocycles. The molecule has 0 saturated carbocycles. The van der Waals surface area contributed by atoms with Crippen LogP contribution in [0.5, 0.6) is 0 Å². The minimum atomic E-state index is 0.157. The lowest BCUT2D eigenvalue weighted by molar-refractivity contribution is 0.876. The zero-order chi connectivity index (χ0) is 37.5. The average Bonchev–Trinajstić information content (AvgIpc) is 3.12. The van der Waals surface area contributed by atoms with Gasteiger partial charge in [0, 0.05) is 0 Å². The molecule has 8 aromatic rings. The molecular weight excluding hydrogens is 646 g/mol. The van der Waals surface area contributed by atoms with E-state index in [1.807, 2.05) is 0 Å². The molecule has 0 unspecified atom stereocenters. The van der Waals surface area contributed by atoms with Crippen molar-refractivity contribution in [1.82, 2.24) is 0 Å². The molecule has 0 spiro atoms. The maximum absolute atomic E-state index is 2.66. The minimum Gasteiger partial charge on any atom is -0.0664 e. The maximum Gasteiger partial charge on any atom is 0.243 e. The Morgan fingerprint density at radius 3 is 1.07 bits per heavy atom. The maximum atomic E-state index is 2.66. The van der Waals surface area contributed by atoms with Crippen molar-refractivity contribution in [3.8, 4) is 22.3 Å². The Labute approximate surface area is 322 Å². The van der Waals surface area contributed by atoms with Gasteiger partial charge in [0.05, 0.1) is 0 Å². The summed E-state index contributed by atoms with van der Waals surface area (Å²) in [5, 5.41) is 8.75. The van der Waals surface area contributed by atoms with Crippen LogP contribution in [0.1, 0.15) is 84.0 Å². The molecular formula is C52H48B2. The fourth-order valence-corrected chi connectivity index (χ4v) is 11.4. The number of hydrogen-bond donors (Lipinski definition) is 0. The standard InChI is InChI=1S/C52H48B2/c1-27(2)37-23-39-35-15-11-13-17-43(35)54(52-33(9)21-30(6)22-34(52)10)46-26-42-38(28(3)4)24-40-36-16-12-14-18-44(36)53(51-31(7)19-29(5)20-32(51)8)45-25-41(37)49(47(39)46)50(42)48(40)45/h11-28H,1-10H3. The van der Waals surface area contributed by atoms with Gasteiger partial charge in [-0.25, -0.2) is 0 Å². The monoisotopic (exact) mass is 694 g/mol. The molecule has 0 bridgehead atoms. The summed E-state index contributed by atoms with van der Waals surface area (Å²) < 4.78 is 0. The second-order valence-corrected chi connectivity index (χ2v) is 17.5. The van der Waals surface area contributed by atoms with Crippen molar-refractivity contribution >= 4 is 78.5 Å². The Hall–Kier alpha value is -5.07. The van der Waals surface area contributed by atoms with Crippen molar-refractivity contribution in [1.29, 1.82) is 0 Å². The highest BCUT2D eigenvalue weighted by atomic mass is 14.3. The molecule has 0 aliphatic carbocycles. The van der Waals surface area contributed by atoms with Gasteiger partial charge in [-0.3, -0.25) is 0 Å². The molecule has 10 rings (SSSR count).